The van der Waals surface area contributed by atoms with Crippen LogP contribution in [0.5, 0.6) is 0 Å². The highest BCUT2D eigenvalue weighted by atomic mass is 16.3. The van der Waals surface area contributed by atoms with E-state index in [4.69, 9.17) is 0 Å². The second-order valence-electron chi connectivity index (χ2n) is 4.91. The van der Waals surface area contributed by atoms with Gasteiger partial charge in [-0.15, -0.1) is 0 Å². The van der Waals surface area contributed by atoms with E-state index in [9.17, 15) is 9.90 Å². The molecule has 1 amide bonds. The molecule has 1 aliphatic rings. The molecule has 0 aliphatic heterocycles. The van der Waals surface area contributed by atoms with Gasteiger partial charge in [0.2, 0.25) is 0 Å². The smallest absolute Gasteiger partial charge is 0.253 e. The standard InChI is InChI=1S/C14H16N4O2/c19-13-7-3-5-11(13)17-14(20)10-4-1-2-6-12(10)18-15-8-9-16-18/h1-2,4,6,8-9,11,13,19H,3,5,7H2,(H,17,20)/t11-,13+/m0/s1. The maximum Gasteiger partial charge on any atom is 0.253 e. The van der Waals surface area contributed by atoms with Crippen LogP contribution >= 0.6 is 0 Å². The summed E-state index contributed by atoms with van der Waals surface area (Å²) >= 11 is 0. The molecule has 1 heterocycles. The van der Waals surface area contributed by atoms with Crippen LogP contribution in [0.15, 0.2) is 36.7 Å². The lowest BCUT2D eigenvalue weighted by atomic mass is 10.1. The third-order valence-electron chi connectivity index (χ3n) is 3.58. The maximum atomic E-state index is 12.4. The molecular formula is C14H16N4O2. The van der Waals surface area contributed by atoms with Crippen molar-refractivity contribution >= 4 is 5.91 Å². The first-order chi connectivity index (χ1) is 9.75. The van der Waals surface area contributed by atoms with Crippen molar-refractivity contribution < 1.29 is 9.90 Å². The van der Waals surface area contributed by atoms with Crippen molar-refractivity contribution in [1.82, 2.24) is 20.3 Å². The van der Waals surface area contributed by atoms with Crippen molar-refractivity contribution in [3.63, 3.8) is 0 Å². The topological polar surface area (TPSA) is 80.0 Å². The van der Waals surface area contributed by atoms with Crippen LogP contribution in [0.3, 0.4) is 0 Å². The largest absolute Gasteiger partial charge is 0.391 e. The fourth-order valence-corrected chi connectivity index (χ4v) is 2.54. The van der Waals surface area contributed by atoms with E-state index in [2.05, 4.69) is 15.5 Å². The van der Waals surface area contributed by atoms with Gasteiger partial charge in [0.1, 0.15) is 0 Å². The number of amides is 1. The molecule has 1 fully saturated rings. The summed E-state index contributed by atoms with van der Waals surface area (Å²) in [6, 6.07) is 6.99. The van der Waals surface area contributed by atoms with Crippen molar-refractivity contribution in [2.24, 2.45) is 0 Å². The summed E-state index contributed by atoms with van der Waals surface area (Å²) in [5, 5.41) is 20.8. The summed E-state index contributed by atoms with van der Waals surface area (Å²) < 4.78 is 0. The van der Waals surface area contributed by atoms with E-state index >= 15 is 0 Å². The van der Waals surface area contributed by atoms with Gasteiger partial charge in [-0.3, -0.25) is 4.79 Å². The number of hydrogen-bond acceptors (Lipinski definition) is 4. The Balaban J connectivity index is 1.85. The predicted molar refractivity (Wildman–Crippen MR) is 72.5 cm³/mol. The van der Waals surface area contributed by atoms with Crippen LogP contribution in [-0.4, -0.2) is 38.2 Å². The van der Waals surface area contributed by atoms with E-state index in [1.807, 2.05) is 6.07 Å². The van der Waals surface area contributed by atoms with Crippen molar-refractivity contribution in [3.05, 3.63) is 42.2 Å². The van der Waals surface area contributed by atoms with E-state index < -0.39 is 6.10 Å². The fourth-order valence-electron chi connectivity index (χ4n) is 2.54. The molecule has 0 saturated heterocycles. The number of nitrogens with zero attached hydrogens (tertiary/aromatic N) is 3. The van der Waals surface area contributed by atoms with Gasteiger partial charge in [0.25, 0.3) is 5.91 Å². The highest BCUT2D eigenvalue weighted by Crippen LogP contribution is 2.20. The van der Waals surface area contributed by atoms with Crippen molar-refractivity contribution in [2.75, 3.05) is 0 Å². The normalized spacial score (nSPS) is 21.9. The number of nitrogens with one attached hydrogen (secondary N) is 1. The zero-order valence-corrected chi connectivity index (χ0v) is 10.9. The molecule has 0 radical (unpaired) electrons. The quantitative estimate of drug-likeness (QED) is 0.870. The Morgan fingerprint density at radius 1 is 1.25 bits per heavy atom. The Hall–Kier alpha value is -2.21. The number of aliphatic hydroxyl groups is 1. The lowest BCUT2D eigenvalue weighted by Crippen LogP contribution is -2.40. The Kier molecular flexibility index (Phi) is 3.47. The fraction of sp³-hybridized carbons (Fsp3) is 0.357. The molecule has 6 nitrogen and oxygen atoms in total. The van der Waals surface area contributed by atoms with Crippen LogP contribution in [-0.2, 0) is 0 Å². The van der Waals surface area contributed by atoms with Gasteiger partial charge >= 0.3 is 0 Å². The minimum absolute atomic E-state index is 0.166. The molecule has 0 spiro atoms. The first-order valence-electron chi connectivity index (χ1n) is 6.70. The highest BCUT2D eigenvalue weighted by molar-refractivity contribution is 5.97. The molecule has 2 N–H and O–H groups in total. The molecule has 20 heavy (non-hydrogen) atoms. The molecule has 0 unspecified atom stereocenters. The Morgan fingerprint density at radius 3 is 2.70 bits per heavy atom. The van der Waals surface area contributed by atoms with E-state index in [1.165, 1.54) is 4.80 Å². The number of rotatable bonds is 3. The third kappa shape index (κ3) is 2.42. The minimum Gasteiger partial charge on any atom is -0.391 e. The number of para-hydroxylation sites is 1. The Bertz CT molecular complexity index is 597. The van der Waals surface area contributed by atoms with Crippen LogP contribution in [0.4, 0.5) is 0 Å². The number of benzene rings is 1. The van der Waals surface area contributed by atoms with Gasteiger partial charge in [-0.25, -0.2) is 0 Å². The zero-order valence-electron chi connectivity index (χ0n) is 10.9. The molecule has 1 aromatic carbocycles. The monoisotopic (exact) mass is 272 g/mol. The molecule has 2 atom stereocenters. The third-order valence-corrected chi connectivity index (χ3v) is 3.58. The van der Waals surface area contributed by atoms with Crippen LogP contribution < -0.4 is 5.32 Å². The molecule has 104 valence electrons. The van der Waals surface area contributed by atoms with E-state index in [0.29, 0.717) is 11.3 Å². The maximum absolute atomic E-state index is 12.4. The summed E-state index contributed by atoms with van der Waals surface area (Å²) in [5.41, 5.74) is 1.13. The number of aliphatic hydroxyl groups excluding tert-OH is 1. The van der Waals surface area contributed by atoms with Crippen molar-refractivity contribution in [1.29, 1.82) is 0 Å². The van der Waals surface area contributed by atoms with Crippen LogP contribution in [0.1, 0.15) is 29.6 Å². The van der Waals surface area contributed by atoms with Gasteiger partial charge in [-0.1, -0.05) is 12.1 Å². The van der Waals surface area contributed by atoms with E-state index in [1.54, 1.807) is 30.6 Å². The molecular weight excluding hydrogens is 256 g/mol. The zero-order chi connectivity index (χ0) is 13.9. The van der Waals surface area contributed by atoms with Gasteiger partial charge in [-0.2, -0.15) is 15.0 Å². The first kappa shape index (κ1) is 12.8. The van der Waals surface area contributed by atoms with Crippen molar-refractivity contribution in [3.8, 4) is 5.69 Å². The number of carbonyl (C=O) groups is 1. The predicted octanol–water partition coefficient (Wildman–Crippen LogP) is 0.911. The average molecular weight is 272 g/mol. The summed E-state index contributed by atoms with van der Waals surface area (Å²) in [7, 11) is 0. The van der Waals surface area contributed by atoms with Gasteiger partial charge in [0, 0.05) is 0 Å². The molecule has 3 rings (SSSR count). The number of carbonyl (C=O) groups excluding carboxylic acids is 1. The van der Waals surface area contributed by atoms with E-state index in [-0.39, 0.29) is 11.9 Å². The molecule has 6 heteroatoms. The number of hydrogen-bond donors (Lipinski definition) is 2. The van der Waals surface area contributed by atoms with E-state index in [0.717, 1.165) is 19.3 Å². The lowest BCUT2D eigenvalue weighted by Gasteiger charge is -2.17. The van der Waals surface area contributed by atoms with Gasteiger partial charge < -0.3 is 10.4 Å². The van der Waals surface area contributed by atoms with Gasteiger partial charge in [0.15, 0.2) is 0 Å². The molecule has 0 bridgehead atoms. The molecule has 2 aromatic rings. The van der Waals surface area contributed by atoms with Crippen molar-refractivity contribution in [2.45, 2.75) is 31.4 Å². The molecule has 1 aliphatic carbocycles. The summed E-state index contributed by atoms with van der Waals surface area (Å²) in [6.07, 6.45) is 5.18. The second-order valence-corrected chi connectivity index (χ2v) is 4.91. The van der Waals surface area contributed by atoms with Crippen LogP contribution in [0.25, 0.3) is 5.69 Å². The van der Waals surface area contributed by atoms with Gasteiger partial charge in [0.05, 0.1) is 35.8 Å². The number of aromatic nitrogens is 3. The second kappa shape index (κ2) is 5.42. The average Bonchev–Trinajstić information content (AvgIpc) is 3.11. The van der Waals surface area contributed by atoms with Gasteiger partial charge in [-0.05, 0) is 31.4 Å². The SMILES string of the molecule is O=C(N[C@H]1CCC[C@H]1O)c1ccccc1-n1nccn1. The summed E-state index contributed by atoms with van der Waals surface area (Å²) in [6.45, 7) is 0. The van der Waals surface area contributed by atoms with Crippen LogP contribution in [0.2, 0.25) is 0 Å². The Morgan fingerprint density at radius 2 is 2.00 bits per heavy atom. The highest BCUT2D eigenvalue weighted by Gasteiger charge is 2.27. The molecule has 1 aromatic heterocycles. The van der Waals surface area contributed by atoms with Crippen LogP contribution in [0, 0.1) is 0 Å². The Labute approximate surface area is 116 Å². The molecule has 1 saturated carbocycles. The first-order valence-corrected chi connectivity index (χ1v) is 6.70. The minimum atomic E-state index is -0.450. The summed E-state index contributed by atoms with van der Waals surface area (Å²) in [5.74, 6) is -0.205. The lowest BCUT2D eigenvalue weighted by molar-refractivity contribution is 0.0873. The summed E-state index contributed by atoms with van der Waals surface area (Å²) in [4.78, 5) is 13.8.